The standard InChI is InChI=1S/C20H21N9O/c1-11-17(12(2)29-20(28(11)3)25-26-27-29)19(30)24-14-4-5-16(21)15(10-14)18(22)13-6-8-23-9-7-13/h4-10,12,22H,21H2,1-3H3,(H,24,30)/t12-/m1/s1. The molecule has 1 aromatic carbocycles. The lowest BCUT2D eigenvalue weighted by Gasteiger charge is -2.30. The van der Waals surface area contributed by atoms with Crippen LogP contribution in [0.2, 0.25) is 0 Å². The summed E-state index contributed by atoms with van der Waals surface area (Å²) in [6, 6.07) is 8.25. The Morgan fingerprint density at radius 2 is 1.97 bits per heavy atom. The zero-order valence-corrected chi connectivity index (χ0v) is 16.8. The van der Waals surface area contributed by atoms with Crippen molar-refractivity contribution in [3.63, 3.8) is 0 Å². The molecule has 0 aliphatic carbocycles. The van der Waals surface area contributed by atoms with Crippen LogP contribution in [0.5, 0.6) is 0 Å². The minimum Gasteiger partial charge on any atom is -0.398 e. The van der Waals surface area contributed by atoms with Gasteiger partial charge in [0.2, 0.25) is 5.95 Å². The Kier molecular flexibility index (Phi) is 4.74. The van der Waals surface area contributed by atoms with Crippen molar-refractivity contribution in [1.29, 1.82) is 5.41 Å². The predicted molar refractivity (Wildman–Crippen MR) is 113 cm³/mol. The second-order valence-electron chi connectivity index (χ2n) is 7.02. The molecule has 152 valence electrons. The fourth-order valence-electron chi connectivity index (χ4n) is 3.49. The normalized spacial score (nSPS) is 15.7. The van der Waals surface area contributed by atoms with Crippen LogP contribution in [0, 0.1) is 5.41 Å². The molecule has 10 nitrogen and oxygen atoms in total. The highest BCUT2D eigenvalue weighted by molar-refractivity contribution is 6.15. The van der Waals surface area contributed by atoms with Gasteiger partial charge in [-0.3, -0.25) is 15.2 Å². The van der Waals surface area contributed by atoms with Crippen LogP contribution in [0.25, 0.3) is 0 Å². The quantitative estimate of drug-likeness (QED) is 0.447. The number of allylic oxidation sites excluding steroid dienone is 1. The fraction of sp³-hybridized carbons (Fsp3) is 0.200. The zero-order chi connectivity index (χ0) is 21.4. The molecule has 3 heterocycles. The molecular formula is C20H21N9O. The van der Waals surface area contributed by atoms with E-state index in [1.54, 1.807) is 52.3 Å². The first kappa shape index (κ1) is 19.2. The summed E-state index contributed by atoms with van der Waals surface area (Å²) in [5.74, 6) is 0.316. The number of nitrogens with one attached hydrogen (secondary N) is 2. The molecule has 0 unspecified atom stereocenters. The molecule has 0 spiro atoms. The van der Waals surface area contributed by atoms with E-state index in [2.05, 4.69) is 25.8 Å². The maximum absolute atomic E-state index is 13.1. The Morgan fingerprint density at radius 1 is 1.23 bits per heavy atom. The van der Waals surface area contributed by atoms with E-state index in [1.807, 2.05) is 20.9 Å². The third kappa shape index (κ3) is 3.17. The van der Waals surface area contributed by atoms with Gasteiger partial charge in [-0.15, -0.1) is 0 Å². The van der Waals surface area contributed by atoms with Crippen LogP contribution in [-0.2, 0) is 4.79 Å². The van der Waals surface area contributed by atoms with Crippen LogP contribution in [-0.4, -0.2) is 43.9 Å². The molecular weight excluding hydrogens is 382 g/mol. The monoisotopic (exact) mass is 403 g/mol. The molecule has 2 aromatic heterocycles. The van der Waals surface area contributed by atoms with Crippen molar-refractivity contribution in [3.05, 3.63) is 65.1 Å². The molecule has 3 aromatic rings. The third-order valence-electron chi connectivity index (χ3n) is 5.25. The summed E-state index contributed by atoms with van der Waals surface area (Å²) in [6.07, 6.45) is 3.24. The molecule has 1 atom stereocenters. The van der Waals surface area contributed by atoms with Gasteiger partial charge in [0.1, 0.15) is 0 Å². The highest BCUT2D eigenvalue weighted by Crippen LogP contribution is 2.32. The van der Waals surface area contributed by atoms with Crippen LogP contribution in [0.15, 0.2) is 54.0 Å². The lowest BCUT2D eigenvalue weighted by molar-refractivity contribution is -0.113. The van der Waals surface area contributed by atoms with Crippen molar-refractivity contribution in [2.75, 3.05) is 23.0 Å². The van der Waals surface area contributed by atoms with Gasteiger partial charge >= 0.3 is 0 Å². The van der Waals surface area contributed by atoms with Crippen LogP contribution < -0.4 is 16.0 Å². The number of anilines is 3. The van der Waals surface area contributed by atoms with E-state index in [-0.39, 0.29) is 17.7 Å². The molecule has 4 N–H and O–H groups in total. The van der Waals surface area contributed by atoms with E-state index in [0.29, 0.717) is 34.0 Å². The first-order valence-electron chi connectivity index (χ1n) is 9.31. The molecule has 10 heteroatoms. The van der Waals surface area contributed by atoms with Gasteiger partial charge in [-0.2, -0.15) is 0 Å². The minimum absolute atomic E-state index is 0.255. The number of hydrogen-bond acceptors (Lipinski definition) is 8. The first-order valence-corrected chi connectivity index (χ1v) is 9.31. The number of fused-ring (bicyclic) bond motifs is 1. The van der Waals surface area contributed by atoms with Gasteiger partial charge < -0.3 is 16.0 Å². The van der Waals surface area contributed by atoms with E-state index < -0.39 is 0 Å². The number of hydrogen-bond donors (Lipinski definition) is 3. The molecule has 1 aliphatic rings. The number of carbonyl (C=O) groups excluding carboxylic acids is 1. The number of nitrogen functional groups attached to an aromatic ring is 1. The lowest BCUT2D eigenvalue weighted by Crippen LogP contribution is -2.34. The summed E-state index contributed by atoms with van der Waals surface area (Å²) >= 11 is 0. The van der Waals surface area contributed by atoms with Crippen LogP contribution >= 0.6 is 0 Å². The number of amides is 1. The summed E-state index contributed by atoms with van der Waals surface area (Å²) in [5, 5.41) is 23.1. The van der Waals surface area contributed by atoms with Crippen molar-refractivity contribution in [1.82, 2.24) is 25.2 Å². The summed E-state index contributed by atoms with van der Waals surface area (Å²) in [7, 11) is 1.81. The molecule has 0 saturated carbocycles. The Morgan fingerprint density at radius 3 is 2.70 bits per heavy atom. The van der Waals surface area contributed by atoms with Gasteiger partial charge in [0.15, 0.2) is 0 Å². The van der Waals surface area contributed by atoms with Crippen LogP contribution in [0.4, 0.5) is 17.3 Å². The SMILES string of the molecule is CC1=C(C(=O)Nc2ccc(N)c(C(=N)c3ccncc3)c2)[C@@H](C)n2nnnc2N1C. The minimum atomic E-state index is -0.324. The highest BCUT2D eigenvalue weighted by atomic mass is 16.1. The van der Waals surface area contributed by atoms with Gasteiger partial charge in [-0.05, 0) is 54.6 Å². The Labute approximate surface area is 172 Å². The molecule has 4 rings (SSSR count). The van der Waals surface area contributed by atoms with E-state index in [4.69, 9.17) is 11.1 Å². The van der Waals surface area contributed by atoms with E-state index in [0.717, 1.165) is 5.70 Å². The predicted octanol–water partition coefficient (Wildman–Crippen LogP) is 1.99. The number of aromatic nitrogens is 5. The Hall–Kier alpha value is -4.08. The molecule has 1 amide bonds. The average molecular weight is 403 g/mol. The summed E-state index contributed by atoms with van der Waals surface area (Å²) in [4.78, 5) is 18.9. The molecule has 0 radical (unpaired) electrons. The zero-order valence-electron chi connectivity index (χ0n) is 16.8. The molecule has 0 fully saturated rings. The maximum atomic E-state index is 13.1. The summed E-state index contributed by atoms with van der Waals surface area (Å²) in [6.45, 7) is 3.73. The summed E-state index contributed by atoms with van der Waals surface area (Å²) in [5.41, 5.74) is 9.88. The topological polar surface area (TPSA) is 139 Å². The summed E-state index contributed by atoms with van der Waals surface area (Å²) < 4.78 is 1.61. The fourth-order valence-corrected chi connectivity index (χ4v) is 3.49. The average Bonchev–Trinajstić information content (AvgIpc) is 3.24. The van der Waals surface area contributed by atoms with Crippen molar-refractivity contribution < 1.29 is 4.79 Å². The number of tetrazole rings is 1. The lowest BCUT2D eigenvalue weighted by atomic mass is 10.0. The number of carbonyl (C=O) groups is 1. The number of rotatable bonds is 4. The van der Waals surface area contributed by atoms with E-state index in [1.165, 1.54) is 0 Å². The van der Waals surface area contributed by atoms with Crippen molar-refractivity contribution in [2.45, 2.75) is 19.9 Å². The largest absolute Gasteiger partial charge is 0.398 e. The van der Waals surface area contributed by atoms with Crippen LogP contribution in [0.3, 0.4) is 0 Å². The van der Waals surface area contributed by atoms with Crippen molar-refractivity contribution in [3.8, 4) is 0 Å². The second-order valence-corrected chi connectivity index (χ2v) is 7.02. The highest BCUT2D eigenvalue weighted by Gasteiger charge is 2.32. The number of nitrogens with zero attached hydrogens (tertiary/aromatic N) is 6. The van der Waals surface area contributed by atoms with Crippen molar-refractivity contribution >= 4 is 28.9 Å². The number of nitrogens with two attached hydrogens (primary N) is 1. The Bertz CT molecular complexity index is 1170. The number of pyridine rings is 1. The first-order chi connectivity index (χ1) is 14.4. The maximum Gasteiger partial charge on any atom is 0.255 e. The van der Waals surface area contributed by atoms with Gasteiger partial charge in [-0.25, -0.2) is 4.68 Å². The molecule has 30 heavy (non-hydrogen) atoms. The smallest absolute Gasteiger partial charge is 0.255 e. The van der Waals surface area contributed by atoms with Crippen molar-refractivity contribution in [2.24, 2.45) is 0 Å². The van der Waals surface area contributed by atoms with Gasteiger partial charge in [-0.1, -0.05) is 5.10 Å². The number of benzene rings is 1. The molecule has 0 saturated heterocycles. The molecule has 1 aliphatic heterocycles. The van der Waals surface area contributed by atoms with E-state index >= 15 is 0 Å². The molecule has 0 bridgehead atoms. The third-order valence-corrected chi connectivity index (χ3v) is 5.25. The second kappa shape index (κ2) is 7.39. The van der Waals surface area contributed by atoms with Gasteiger partial charge in [0.05, 0.1) is 17.3 Å². The van der Waals surface area contributed by atoms with Gasteiger partial charge in [0.25, 0.3) is 5.91 Å². The van der Waals surface area contributed by atoms with Crippen LogP contribution in [0.1, 0.15) is 31.0 Å². The Balaban J connectivity index is 1.63. The van der Waals surface area contributed by atoms with E-state index in [9.17, 15) is 4.79 Å². The van der Waals surface area contributed by atoms with Gasteiger partial charge in [0, 0.05) is 47.6 Å².